The van der Waals surface area contributed by atoms with Crippen molar-refractivity contribution in [2.75, 3.05) is 14.2 Å². The number of ether oxygens (including phenoxy) is 2. The van der Waals surface area contributed by atoms with Gasteiger partial charge in [0.1, 0.15) is 0 Å². The van der Waals surface area contributed by atoms with E-state index in [9.17, 15) is 0 Å². The van der Waals surface area contributed by atoms with Crippen LogP contribution in [0, 0.1) is 0 Å². The van der Waals surface area contributed by atoms with Crippen molar-refractivity contribution in [1.29, 1.82) is 0 Å². The van der Waals surface area contributed by atoms with E-state index >= 15 is 0 Å². The normalized spacial score (nSPS) is 17.1. The Hall–Kier alpha value is -1.46. The largest absolute Gasteiger partial charge is 1.00 e. The molecule has 36 heavy (non-hydrogen) atoms. The predicted molar refractivity (Wildman–Crippen MR) is 137 cm³/mol. The van der Waals surface area contributed by atoms with E-state index in [1.54, 1.807) is 14.2 Å². The summed E-state index contributed by atoms with van der Waals surface area (Å²) >= 11 is 2.33. The molecule has 1 unspecified atom stereocenters. The van der Waals surface area contributed by atoms with Crippen molar-refractivity contribution >= 4 is 23.6 Å². The molecule has 0 aromatic heterocycles. The van der Waals surface area contributed by atoms with Gasteiger partial charge in [-0.05, 0) is 0 Å². The van der Waals surface area contributed by atoms with Crippen LogP contribution >= 0.6 is 0 Å². The fourth-order valence-electron chi connectivity index (χ4n) is 5.64. The summed E-state index contributed by atoms with van der Waals surface area (Å²) in [5.41, 5.74) is 4.28. The van der Waals surface area contributed by atoms with Crippen LogP contribution in [0.25, 0.3) is 0 Å². The molecule has 188 valence electrons. The maximum absolute atomic E-state index is 5.77. The molecule has 0 saturated heterocycles. The van der Waals surface area contributed by atoms with Crippen LogP contribution in [0.1, 0.15) is 27.7 Å². The molecule has 0 radical (unpaired) electrons. The summed E-state index contributed by atoms with van der Waals surface area (Å²) in [7, 11) is 0.766. The van der Waals surface area contributed by atoms with Gasteiger partial charge in [0.05, 0.1) is 0 Å². The fourth-order valence-corrected chi connectivity index (χ4v) is 13.3. The topological polar surface area (TPSA) is 18.5 Å². The Bertz CT molecular complexity index is 1160. The molecule has 2 nitrogen and oxygen atoms in total. The van der Waals surface area contributed by atoms with Crippen LogP contribution in [0.4, 0.5) is 0 Å². The average Bonchev–Trinajstić information content (AvgIpc) is 3.01. The first-order valence-corrected chi connectivity index (χ1v) is 14.1. The second kappa shape index (κ2) is 12.9. The molecule has 0 amide bonds. The van der Waals surface area contributed by atoms with Crippen molar-refractivity contribution < 1.29 is 67.1 Å². The number of hydrogen-bond acceptors (Lipinski definition) is 2. The number of benzene rings is 3. The van der Waals surface area contributed by atoms with E-state index < -0.39 is 8.07 Å². The average molecular weight is 594 g/mol. The Balaban J connectivity index is 0.00000216. The molecule has 0 saturated carbocycles. The zero-order valence-corrected chi connectivity index (χ0v) is 26.3. The van der Waals surface area contributed by atoms with Gasteiger partial charge in [-0.3, -0.25) is 0 Å². The fraction of sp³-hybridized carbons (Fsp3) is 0.241. The standard InChI is InChI=1S/C29H31O2Si.3ClH.Ti/c1-21-20-29(4,23(3)22(21)2)32(26-13-9-7-10-14-26,27-15-11-8-12-16-27)28-18-24(30-5)17-25(19-28)31-6;;;;/h7-19H,1-6H3;3*1H;/q;;;;+3/p-3. The van der Waals surface area contributed by atoms with E-state index in [1.807, 2.05) is 6.07 Å². The molecule has 1 aliphatic carbocycles. The molecule has 0 aliphatic heterocycles. The first-order chi connectivity index (χ1) is 15.8. The first kappa shape index (κ1) is 32.6. The quantitative estimate of drug-likeness (QED) is 0.215. The van der Waals surface area contributed by atoms with Crippen LogP contribution in [-0.4, -0.2) is 22.3 Å². The molecule has 0 N–H and O–H groups in total. The SMILES string of the molecule is COc1cc(OC)cc([Si](c2ccccc2)(c2ccccc2)C2(C)C(C)=C(C)C(C)=[C]2[Ti+3])c1.[Cl-].[Cl-].[Cl-]. The third kappa shape index (κ3) is 4.87. The Morgan fingerprint density at radius 2 is 1.06 bits per heavy atom. The second-order valence-electron chi connectivity index (χ2n) is 8.96. The van der Waals surface area contributed by atoms with E-state index in [0.29, 0.717) is 0 Å². The van der Waals surface area contributed by atoms with Crippen molar-refractivity contribution in [2.45, 2.75) is 32.7 Å². The molecule has 0 bridgehead atoms. The van der Waals surface area contributed by atoms with Gasteiger partial charge in [0.2, 0.25) is 0 Å². The molecule has 0 heterocycles. The molecular formula is C29H31Cl3O2SiTi. The van der Waals surface area contributed by atoms with E-state index in [-0.39, 0.29) is 42.3 Å². The van der Waals surface area contributed by atoms with Crippen molar-refractivity contribution in [2.24, 2.45) is 0 Å². The van der Waals surface area contributed by atoms with Gasteiger partial charge in [-0.2, -0.15) is 0 Å². The summed E-state index contributed by atoms with van der Waals surface area (Å²) in [6.45, 7) is 9.36. The second-order valence-corrected chi connectivity index (χ2v) is 14.0. The molecule has 1 atom stereocenters. The number of halogens is 3. The van der Waals surface area contributed by atoms with Gasteiger partial charge in [0, 0.05) is 0 Å². The van der Waals surface area contributed by atoms with Gasteiger partial charge in [-0.1, -0.05) is 0 Å². The van der Waals surface area contributed by atoms with Gasteiger partial charge in [0.25, 0.3) is 0 Å². The molecule has 3 aromatic carbocycles. The minimum atomic E-state index is -2.70. The number of hydrogen-bond donors (Lipinski definition) is 0. The third-order valence-corrected chi connectivity index (χ3v) is 15.1. The monoisotopic (exact) mass is 592 g/mol. The Kier molecular flexibility index (Phi) is 11.6. The van der Waals surface area contributed by atoms with E-state index in [4.69, 9.17) is 9.47 Å². The third-order valence-electron chi connectivity index (χ3n) is 7.70. The van der Waals surface area contributed by atoms with Crippen LogP contribution in [-0.2, 0) is 20.4 Å². The van der Waals surface area contributed by atoms with Gasteiger partial charge in [-0.25, -0.2) is 0 Å². The Labute approximate surface area is 247 Å². The summed E-state index contributed by atoms with van der Waals surface area (Å²) in [4.78, 5) is 0. The maximum Gasteiger partial charge on any atom is -1.00 e. The summed E-state index contributed by atoms with van der Waals surface area (Å²) in [5.74, 6) is 1.65. The summed E-state index contributed by atoms with van der Waals surface area (Å²) < 4.78 is 13.0. The zero-order chi connectivity index (χ0) is 23.8. The minimum Gasteiger partial charge on any atom is -1.00 e. The molecule has 7 heteroatoms. The smallest absolute Gasteiger partial charge is 1.00 e. The van der Waals surface area contributed by atoms with Crippen LogP contribution in [0.5, 0.6) is 11.5 Å². The number of methoxy groups -OCH3 is 2. The van der Waals surface area contributed by atoms with Gasteiger partial charge < -0.3 is 37.2 Å². The molecule has 1 aliphatic rings. The number of allylic oxidation sites excluding steroid dienone is 4. The van der Waals surface area contributed by atoms with Crippen molar-refractivity contribution in [3.8, 4) is 11.5 Å². The van der Waals surface area contributed by atoms with Crippen LogP contribution in [0.2, 0.25) is 5.04 Å². The molecule has 0 fully saturated rings. The summed E-state index contributed by atoms with van der Waals surface area (Å²) in [6, 6.07) is 28.6. The molecule has 3 aromatic rings. The first-order valence-electron chi connectivity index (χ1n) is 11.3. The minimum absolute atomic E-state index is 0. The van der Waals surface area contributed by atoms with Crippen LogP contribution < -0.4 is 62.3 Å². The maximum atomic E-state index is 5.77. The van der Waals surface area contributed by atoms with Gasteiger partial charge in [-0.15, -0.1) is 0 Å². The van der Waals surface area contributed by atoms with E-state index in [2.05, 4.69) is 121 Å². The van der Waals surface area contributed by atoms with Gasteiger partial charge >= 0.3 is 211 Å². The van der Waals surface area contributed by atoms with Crippen LogP contribution in [0.3, 0.4) is 0 Å². The van der Waals surface area contributed by atoms with Gasteiger partial charge in [0.15, 0.2) is 0 Å². The van der Waals surface area contributed by atoms with Crippen molar-refractivity contribution in [3.05, 3.63) is 99.5 Å². The summed E-state index contributed by atoms with van der Waals surface area (Å²) in [5, 5.41) is 3.91. The molecule has 4 rings (SSSR count). The number of rotatable bonds is 6. The predicted octanol–water partition coefficient (Wildman–Crippen LogP) is -3.88. The van der Waals surface area contributed by atoms with Crippen molar-refractivity contribution in [3.63, 3.8) is 0 Å². The Morgan fingerprint density at radius 1 is 0.639 bits per heavy atom. The molecular weight excluding hydrogens is 563 g/mol. The van der Waals surface area contributed by atoms with Crippen molar-refractivity contribution in [1.82, 2.24) is 0 Å². The molecule has 0 spiro atoms. The zero-order valence-electron chi connectivity index (χ0n) is 21.5. The Morgan fingerprint density at radius 3 is 1.39 bits per heavy atom. The summed E-state index contributed by atoms with van der Waals surface area (Å²) in [6.07, 6.45) is 0. The van der Waals surface area contributed by atoms with E-state index in [1.165, 1.54) is 36.2 Å². The van der Waals surface area contributed by atoms with Crippen LogP contribution in [0.15, 0.2) is 99.5 Å². The van der Waals surface area contributed by atoms with E-state index in [0.717, 1.165) is 11.5 Å².